The maximum Gasteiger partial charge on any atom is 0.224 e. The molecule has 3 rings (SSSR count). The van der Waals surface area contributed by atoms with Crippen LogP contribution >= 0.6 is 12.2 Å². The van der Waals surface area contributed by atoms with Gasteiger partial charge in [-0.15, -0.1) is 0 Å². The highest BCUT2D eigenvalue weighted by Crippen LogP contribution is 2.23. The highest BCUT2D eigenvalue weighted by molar-refractivity contribution is 7.71. The van der Waals surface area contributed by atoms with Crippen LogP contribution in [-0.2, 0) is 0 Å². The molecule has 0 saturated carbocycles. The summed E-state index contributed by atoms with van der Waals surface area (Å²) in [5.41, 5.74) is 6.36. The molecule has 0 spiro atoms. The minimum atomic E-state index is 0.205. The second-order valence-electron chi connectivity index (χ2n) is 3.75. The van der Waals surface area contributed by atoms with E-state index in [0.29, 0.717) is 11.5 Å². The van der Waals surface area contributed by atoms with Gasteiger partial charge in [0.1, 0.15) is 5.69 Å². The van der Waals surface area contributed by atoms with Crippen molar-refractivity contribution in [2.45, 2.75) is 0 Å². The largest absolute Gasteiger partial charge is 0.369 e. The van der Waals surface area contributed by atoms with Crippen molar-refractivity contribution in [1.29, 1.82) is 0 Å². The van der Waals surface area contributed by atoms with Crippen LogP contribution in [0.3, 0.4) is 0 Å². The highest BCUT2D eigenvalue weighted by atomic mass is 32.1. The number of aromatic amines is 1. The molecule has 0 unspecified atom stereocenters. The fourth-order valence-corrected chi connectivity index (χ4v) is 2.01. The Morgan fingerprint density at radius 3 is 2.78 bits per heavy atom. The number of benzene rings is 1. The standard InChI is InChI=1S/C12H9N5S/c13-11-15-10(16-12(18)17-11)9-8-4-2-1-3-7(8)5-6-14-9/h1-6H,(H3,13,15,16,17,18). The van der Waals surface area contributed by atoms with Crippen molar-refractivity contribution >= 4 is 28.9 Å². The van der Waals surface area contributed by atoms with E-state index < -0.39 is 0 Å². The molecule has 2 heterocycles. The molecule has 18 heavy (non-hydrogen) atoms. The van der Waals surface area contributed by atoms with Crippen molar-refractivity contribution in [3.05, 3.63) is 41.3 Å². The minimum absolute atomic E-state index is 0.205. The maximum absolute atomic E-state index is 5.64. The van der Waals surface area contributed by atoms with E-state index in [-0.39, 0.29) is 10.7 Å². The normalized spacial score (nSPS) is 10.7. The monoisotopic (exact) mass is 255 g/mol. The van der Waals surface area contributed by atoms with Gasteiger partial charge in [0.25, 0.3) is 0 Å². The van der Waals surface area contributed by atoms with Crippen LogP contribution in [0.4, 0.5) is 5.95 Å². The van der Waals surface area contributed by atoms with Crippen molar-refractivity contribution in [3.63, 3.8) is 0 Å². The summed E-state index contributed by atoms with van der Waals surface area (Å²) in [7, 11) is 0. The van der Waals surface area contributed by atoms with E-state index in [2.05, 4.69) is 19.9 Å². The van der Waals surface area contributed by atoms with Gasteiger partial charge in [-0.1, -0.05) is 24.3 Å². The molecular weight excluding hydrogens is 246 g/mol. The van der Waals surface area contributed by atoms with E-state index in [4.69, 9.17) is 18.0 Å². The predicted molar refractivity (Wildman–Crippen MR) is 72.4 cm³/mol. The van der Waals surface area contributed by atoms with Crippen LogP contribution in [-0.4, -0.2) is 19.9 Å². The number of hydrogen-bond acceptors (Lipinski definition) is 5. The Morgan fingerprint density at radius 2 is 1.94 bits per heavy atom. The molecule has 0 aliphatic carbocycles. The molecule has 0 fully saturated rings. The summed E-state index contributed by atoms with van der Waals surface area (Å²) in [5, 5.41) is 2.07. The lowest BCUT2D eigenvalue weighted by atomic mass is 10.1. The summed E-state index contributed by atoms with van der Waals surface area (Å²) in [5.74, 6) is 0.768. The number of hydrogen-bond donors (Lipinski definition) is 2. The van der Waals surface area contributed by atoms with Gasteiger partial charge in [-0.3, -0.25) is 4.98 Å². The second-order valence-corrected chi connectivity index (χ2v) is 4.11. The molecule has 88 valence electrons. The van der Waals surface area contributed by atoms with Crippen LogP contribution in [0, 0.1) is 4.77 Å². The lowest BCUT2D eigenvalue weighted by Crippen LogP contribution is -2.01. The summed E-state index contributed by atoms with van der Waals surface area (Å²) in [6.45, 7) is 0. The summed E-state index contributed by atoms with van der Waals surface area (Å²) >= 11 is 4.96. The van der Waals surface area contributed by atoms with Gasteiger partial charge in [0.2, 0.25) is 10.7 Å². The Kier molecular flexibility index (Phi) is 2.49. The van der Waals surface area contributed by atoms with Crippen molar-refractivity contribution in [3.8, 4) is 11.5 Å². The summed E-state index contributed by atoms with van der Waals surface area (Å²) in [4.78, 5) is 15.2. The van der Waals surface area contributed by atoms with E-state index >= 15 is 0 Å². The van der Waals surface area contributed by atoms with Gasteiger partial charge in [0, 0.05) is 11.6 Å². The second kappa shape index (κ2) is 4.15. The third kappa shape index (κ3) is 1.82. The first-order valence-electron chi connectivity index (χ1n) is 5.32. The van der Waals surface area contributed by atoms with Gasteiger partial charge in [0.15, 0.2) is 5.82 Å². The zero-order valence-corrected chi connectivity index (χ0v) is 10.1. The SMILES string of the molecule is Nc1nc(=S)nc(-c2nccc3ccccc23)[nH]1. The smallest absolute Gasteiger partial charge is 0.224 e. The zero-order valence-electron chi connectivity index (χ0n) is 9.29. The fourth-order valence-electron chi connectivity index (χ4n) is 1.82. The lowest BCUT2D eigenvalue weighted by molar-refractivity contribution is 1.04. The van der Waals surface area contributed by atoms with Crippen LogP contribution in [0.15, 0.2) is 36.5 Å². The summed E-state index contributed by atoms with van der Waals surface area (Å²) in [6.07, 6.45) is 1.73. The molecule has 0 amide bonds. The number of H-pyrrole nitrogens is 1. The van der Waals surface area contributed by atoms with Gasteiger partial charge in [0.05, 0.1) is 0 Å². The molecule has 0 bridgehead atoms. The average molecular weight is 255 g/mol. The van der Waals surface area contributed by atoms with E-state index in [1.807, 2.05) is 30.3 Å². The zero-order chi connectivity index (χ0) is 12.5. The number of fused-ring (bicyclic) bond motifs is 1. The van der Waals surface area contributed by atoms with Crippen molar-refractivity contribution in [1.82, 2.24) is 19.9 Å². The third-order valence-corrected chi connectivity index (χ3v) is 2.75. The Hall–Kier alpha value is -2.34. The first-order valence-corrected chi connectivity index (χ1v) is 5.73. The number of pyridine rings is 1. The van der Waals surface area contributed by atoms with Crippen molar-refractivity contribution in [2.75, 3.05) is 5.73 Å². The molecule has 3 aromatic rings. The van der Waals surface area contributed by atoms with Gasteiger partial charge >= 0.3 is 0 Å². The number of aromatic nitrogens is 4. The topological polar surface area (TPSA) is 80.5 Å². The predicted octanol–water partition coefficient (Wildman–Crippen LogP) is 2.33. The van der Waals surface area contributed by atoms with Crippen LogP contribution in [0.25, 0.3) is 22.3 Å². The Balaban J connectivity index is 2.34. The Morgan fingerprint density at radius 1 is 1.11 bits per heavy atom. The van der Waals surface area contributed by atoms with Gasteiger partial charge in [-0.05, 0) is 23.7 Å². The molecule has 2 aromatic heterocycles. The van der Waals surface area contributed by atoms with Crippen LogP contribution in [0.2, 0.25) is 0 Å². The van der Waals surface area contributed by atoms with Crippen LogP contribution in [0.5, 0.6) is 0 Å². The quantitative estimate of drug-likeness (QED) is 0.652. The first-order chi connectivity index (χ1) is 8.74. The molecule has 0 aliphatic rings. The van der Waals surface area contributed by atoms with Crippen molar-refractivity contribution in [2.24, 2.45) is 0 Å². The molecule has 0 saturated heterocycles. The molecular formula is C12H9N5S. The number of anilines is 1. The lowest BCUT2D eigenvalue weighted by Gasteiger charge is -2.05. The number of nitrogens with zero attached hydrogens (tertiary/aromatic N) is 3. The van der Waals surface area contributed by atoms with Crippen molar-refractivity contribution < 1.29 is 0 Å². The van der Waals surface area contributed by atoms with Gasteiger partial charge in [-0.25, -0.2) is 0 Å². The van der Waals surface area contributed by atoms with Gasteiger partial charge < -0.3 is 10.7 Å². The molecule has 0 radical (unpaired) electrons. The number of rotatable bonds is 1. The molecule has 1 aromatic carbocycles. The molecule has 6 heteroatoms. The fraction of sp³-hybridized carbons (Fsp3) is 0. The molecule has 0 aliphatic heterocycles. The summed E-state index contributed by atoms with van der Waals surface area (Å²) in [6, 6.07) is 9.86. The third-order valence-electron chi connectivity index (χ3n) is 2.57. The first kappa shape index (κ1) is 10.8. The molecule has 3 N–H and O–H groups in total. The number of nitrogens with one attached hydrogen (secondary N) is 1. The molecule has 0 atom stereocenters. The number of nitrogen functional groups attached to an aromatic ring is 1. The summed E-state index contributed by atoms with van der Waals surface area (Å²) < 4.78 is 0.205. The average Bonchev–Trinajstić information content (AvgIpc) is 2.37. The van der Waals surface area contributed by atoms with E-state index in [0.717, 1.165) is 10.8 Å². The van der Waals surface area contributed by atoms with Crippen LogP contribution in [0.1, 0.15) is 0 Å². The Labute approximate surface area is 108 Å². The van der Waals surface area contributed by atoms with E-state index in [1.165, 1.54) is 0 Å². The van der Waals surface area contributed by atoms with E-state index in [1.54, 1.807) is 6.20 Å². The molecule has 5 nitrogen and oxygen atoms in total. The maximum atomic E-state index is 5.64. The van der Waals surface area contributed by atoms with Crippen LogP contribution < -0.4 is 5.73 Å². The Bertz CT molecular complexity index is 775. The van der Waals surface area contributed by atoms with E-state index in [9.17, 15) is 0 Å². The minimum Gasteiger partial charge on any atom is -0.369 e. The number of nitrogens with two attached hydrogens (primary N) is 1. The van der Waals surface area contributed by atoms with Gasteiger partial charge in [-0.2, -0.15) is 9.97 Å². The highest BCUT2D eigenvalue weighted by Gasteiger charge is 2.07.